The summed E-state index contributed by atoms with van der Waals surface area (Å²) < 4.78 is 0. The molecule has 0 saturated heterocycles. The lowest BCUT2D eigenvalue weighted by atomic mass is 10.2. The van der Waals surface area contributed by atoms with Crippen molar-refractivity contribution in [2.45, 2.75) is 13.3 Å². The SMILES string of the molecule is C/C(CC(=O)Nc1cccc([N+](=O)[O-])c1)=N\NC(=O)c1cc(Cl)ccc1O. The molecule has 3 N–H and O–H groups in total. The number of phenolic OH excluding ortho intramolecular Hbond substituents is 1. The largest absolute Gasteiger partial charge is 0.507 e. The van der Waals surface area contributed by atoms with Crippen molar-refractivity contribution in [2.75, 3.05) is 5.32 Å². The number of halogens is 1. The maximum atomic E-state index is 12.0. The fourth-order valence-corrected chi connectivity index (χ4v) is 2.24. The van der Waals surface area contributed by atoms with Gasteiger partial charge in [0.15, 0.2) is 0 Å². The lowest BCUT2D eigenvalue weighted by Crippen LogP contribution is -2.21. The topological polar surface area (TPSA) is 134 Å². The van der Waals surface area contributed by atoms with Gasteiger partial charge in [-0.1, -0.05) is 17.7 Å². The van der Waals surface area contributed by atoms with Crippen LogP contribution in [0, 0.1) is 10.1 Å². The zero-order valence-corrected chi connectivity index (χ0v) is 14.9. The number of anilines is 1. The summed E-state index contributed by atoms with van der Waals surface area (Å²) in [5.41, 5.74) is 2.58. The summed E-state index contributed by atoms with van der Waals surface area (Å²) in [7, 11) is 0. The van der Waals surface area contributed by atoms with E-state index in [-0.39, 0.29) is 39.8 Å². The predicted octanol–water partition coefficient (Wildman–Crippen LogP) is 3.09. The molecule has 0 spiro atoms. The van der Waals surface area contributed by atoms with Gasteiger partial charge in [0.05, 0.1) is 16.9 Å². The molecule has 10 heteroatoms. The molecule has 9 nitrogen and oxygen atoms in total. The van der Waals surface area contributed by atoms with Crippen molar-refractivity contribution in [1.29, 1.82) is 0 Å². The maximum Gasteiger partial charge on any atom is 0.275 e. The average molecular weight is 391 g/mol. The van der Waals surface area contributed by atoms with Crippen LogP contribution in [0.2, 0.25) is 5.02 Å². The molecule has 0 fully saturated rings. The van der Waals surface area contributed by atoms with Crippen LogP contribution < -0.4 is 10.7 Å². The summed E-state index contributed by atoms with van der Waals surface area (Å²) in [5, 5.41) is 27.0. The van der Waals surface area contributed by atoms with Gasteiger partial charge in [0, 0.05) is 28.6 Å². The number of aromatic hydroxyl groups is 1. The van der Waals surface area contributed by atoms with Gasteiger partial charge in [-0.05, 0) is 31.2 Å². The monoisotopic (exact) mass is 390 g/mol. The molecule has 0 radical (unpaired) electrons. The number of hydrogen-bond acceptors (Lipinski definition) is 6. The van der Waals surface area contributed by atoms with Crippen molar-refractivity contribution in [3.8, 4) is 5.75 Å². The average Bonchev–Trinajstić information content (AvgIpc) is 2.61. The Labute approximate surface area is 158 Å². The summed E-state index contributed by atoms with van der Waals surface area (Å²) in [4.78, 5) is 34.2. The second-order valence-corrected chi connectivity index (χ2v) is 5.92. The Morgan fingerprint density at radius 2 is 2.00 bits per heavy atom. The minimum Gasteiger partial charge on any atom is -0.507 e. The highest BCUT2D eigenvalue weighted by Gasteiger charge is 2.12. The van der Waals surface area contributed by atoms with Crippen molar-refractivity contribution in [1.82, 2.24) is 5.43 Å². The van der Waals surface area contributed by atoms with Crippen LogP contribution in [0.5, 0.6) is 5.75 Å². The van der Waals surface area contributed by atoms with Crippen molar-refractivity contribution in [2.24, 2.45) is 5.10 Å². The third kappa shape index (κ3) is 5.79. The second kappa shape index (κ2) is 8.77. The van der Waals surface area contributed by atoms with E-state index in [0.717, 1.165) is 0 Å². The molecule has 0 saturated carbocycles. The zero-order valence-electron chi connectivity index (χ0n) is 14.1. The number of carbonyl (C=O) groups excluding carboxylic acids is 2. The molecule has 27 heavy (non-hydrogen) atoms. The molecule has 2 amide bonds. The van der Waals surface area contributed by atoms with Gasteiger partial charge in [-0.2, -0.15) is 5.10 Å². The molecular formula is C17H15ClN4O5. The molecule has 2 aromatic rings. The van der Waals surface area contributed by atoms with Gasteiger partial charge >= 0.3 is 0 Å². The number of hydrogen-bond donors (Lipinski definition) is 3. The third-order valence-electron chi connectivity index (χ3n) is 3.31. The molecule has 0 bridgehead atoms. The first-order valence-electron chi connectivity index (χ1n) is 7.62. The lowest BCUT2D eigenvalue weighted by Gasteiger charge is -2.06. The van der Waals surface area contributed by atoms with Crippen LogP contribution in [0.4, 0.5) is 11.4 Å². The van der Waals surface area contributed by atoms with Crippen molar-refractivity contribution < 1.29 is 19.6 Å². The highest BCUT2D eigenvalue weighted by atomic mass is 35.5. The van der Waals surface area contributed by atoms with Gasteiger partial charge in [0.2, 0.25) is 5.91 Å². The van der Waals surface area contributed by atoms with Crippen molar-refractivity contribution in [3.05, 3.63) is 63.2 Å². The Balaban J connectivity index is 1.95. The van der Waals surface area contributed by atoms with Crippen LogP contribution in [-0.4, -0.2) is 27.6 Å². The molecule has 0 aromatic heterocycles. The van der Waals surface area contributed by atoms with E-state index >= 15 is 0 Å². The van der Waals surface area contributed by atoms with Crippen LogP contribution in [-0.2, 0) is 4.79 Å². The highest BCUT2D eigenvalue weighted by molar-refractivity contribution is 6.31. The Hall–Kier alpha value is -3.46. The predicted molar refractivity (Wildman–Crippen MR) is 100 cm³/mol. The van der Waals surface area contributed by atoms with Crippen LogP contribution in [0.3, 0.4) is 0 Å². The summed E-state index contributed by atoms with van der Waals surface area (Å²) in [6.07, 6.45) is -0.148. The van der Waals surface area contributed by atoms with E-state index in [4.69, 9.17) is 11.6 Å². The van der Waals surface area contributed by atoms with Gasteiger partial charge in [-0.15, -0.1) is 0 Å². The van der Waals surface area contributed by atoms with Gasteiger partial charge in [0.25, 0.3) is 11.6 Å². The minimum absolute atomic E-state index is 0.0555. The number of nitro groups is 1. The molecule has 0 aliphatic heterocycles. The number of hydrazone groups is 1. The fourth-order valence-electron chi connectivity index (χ4n) is 2.07. The molecule has 0 heterocycles. The van der Waals surface area contributed by atoms with Crippen LogP contribution >= 0.6 is 11.6 Å². The Morgan fingerprint density at radius 3 is 2.70 bits per heavy atom. The molecular weight excluding hydrogens is 376 g/mol. The summed E-state index contributed by atoms with van der Waals surface area (Å²) in [6.45, 7) is 1.52. The number of nitro benzene ring substituents is 1. The van der Waals surface area contributed by atoms with Crippen LogP contribution in [0.1, 0.15) is 23.7 Å². The summed E-state index contributed by atoms with van der Waals surface area (Å²) >= 11 is 5.78. The number of benzene rings is 2. The molecule has 140 valence electrons. The number of rotatable bonds is 6. The first-order chi connectivity index (χ1) is 12.8. The molecule has 0 aliphatic rings. The quantitative estimate of drug-likeness (QED) is 0.396. The molecule has 2 aromatic carbocycles. The third-order valence-corrected chi connectivity index (χ3v) is 3.54. The Morgan fingerprint density at radius 1 is 1.26 bits per heavy atom. The fraction of sp³-hybridized carbons (Fsp3) is 0.118. The normalized spacial score (nSPS) is 11.0. The Bertz CT molecular complexity index is 929. The second-order valence-electron chi connectivity index (χ2n) is 5.48. The Kier molecular flexibility index (Phi) is 6.45. The number of carbonyl (C=O) groups is 2. The maximum absolute atomic E-state index is 12.0. The van der Waals surface area contributed by atoms with E-state index in [0.29, 0.717) is 0 Å². The van der Waals surface area contributed by atoms with Gasteiger partial charge in [-0.25, -0.2) is 5.43 Å². The summed E-state index contributed by atoms with van der Waals surface area (Å²) in [5.74, 6) is -1.40. The zero-order chi connectivity index (χ0) is 20.0. The van der Waals surface area contributed by atoms with E-state index < -0.39 is 16.7 Å². The summed E-state index contributed by atoms with van der Waals surface area (Å²) in [6, 6.07) is 9.50. The van der Waals surface area contributed by atoms with Crippen LogP contribution in [0.15, 0.2) is 47.6 Å². The van der Waals surface area contributed by atoms with Gasteiger partial charge < -0.3 is 10.4 Å². The number of phenols is 1. The van der Waals surface area contributed by atoms with E-state index in [1.165, 1.54) is 49.4 Å². The lowest BCUT2D eigenvalue weighted by molar-refractivity contribution is -0.384. The number of amides is 2. The first kappa shape index (κ1) is 19.9. The van der Waals surface area contributed by atoms with Gasteiger partial charge in [-0.3, -0.25) is 19.7 Å². The van der Waals surface area contributed by atoms with E-state index in [9.17, 15) is 24.8 Å². The van der Waals surface area contributed by atoms with Crippen molar-refractivity contribution >= 4 is 40.5 Å². The highest BCUT2D eigenvalue weighted by Crippen LogP contribution is 2.21. The number of non-ortho nitro benzene ring substituents is 1. The number of nitrogens with one attached hydrogen (secondary N) is 2. The first-order valence-corrected chi connectivity index (χ1v) is 8.00. The smallest absolute Gasteiger partial charge is 0.275 e. The molecule has 2 rings (SSSR count). The van der Waals surface area contributed by atoms with E-state index in [2.05, 4.69) is 15.8 Å². The van der Waals surface area contributed by atoms with Gasteiger partial charge in [0.1, 0.15) is 5.75 Å². The minimum atomic E-state index is -0.687. The van der Waals surface area contributed by atoms with Crippen molar-refractivity contribution in [3.63, 3.8) is 0 Å². The molecule has 0 aliphatic carbocycles. The molecule has 0 atom stereocenters. The number of nitrogens with zero attached hydrogens (tertiary/aromatic N) is 2. The van der Waals surface area contributed by atoms with E-state index in [1.807, 2.05) is 0 Å². The van der Waals surface area contributed by atoms with E-state index in [1.54, 1.807) is 0 Å². The standard InChI is InChI=1S/C17H15ClN4O5/c1-10(20-21-17(25)14-8-11(18)5-6-15(14)23)7-16(24)19-12-3-2-4-13(9-12)22(26)27/h2-6,8-9,23H,7H2,1H3,(H,19,24)(H,21,25)/b20-10+. The molecule has 0 unspecified atom stereocenters. The van der Waals surface area contributed by atoms with Crippen LogP contribution in [0.25, 0.3) is 0 Å².